The number of piperidine rings is 1. The summed E-state index contributed by atoms with van der Waals surface area (Å²) in [5.74, 6) is 3.24. The number of fused-ring (bicyclic) bond motifs is 2. The zero-order valence-corrected chi connectivity index (χ0v) is 17.9. The Hall–Kier alpha value is -2.73. The molecule has 0 bridgehead atoms. The number of para-hydroxylation sites is 1. The molecule has 1 fully saturated rings. The van der Waals surface area contributed by atoms with Gasteiger partial charge in [-0.25, -0.2) is 0 Å². The fourth-order valence-electron chi connectivity index (χ4n) is 4.90. The van der Waals surface area contributed by atoms with Crippen LogP contribution in [0.1, 0.15) is 24.0 Å². The van der Waals surface area contributed by atoms with Crippen LogP contribution in [-0.2, 0) is 17.6 Å². The van der Waals surface area contributed by atoms with Crippen molar-refractivity contribution in [2.24, 2.45) is 5.92 Å². The maximum absolute atomic E-state index is 13.0. The summed E-state index contributed by atoms with van der Waals surface area (Å²) in [6.45, 7) is 5.66. The number of likely N-dealkylation sites (tertiary alicyclic amines) is 1. The highest BCUT2D eigenvalue weighted by molar-refractivity contribution is 5.80. The number of carbonyl (C=O) groups excluding carboxylic acids is 1. The second-order valence-corrected chi connectivity index (χ2v) is 8.71. The van der Waals surface area contributed by atoms with Crippen molar-refractivity contribution in [3.8, 4) is 17.2 Å². The largest absolute Gasteiger partial charge is 0.492 e. The molecule has 164 valence electrons. The monoisotopic (exact) mass is 422 g/mol. The molecule has 0 N–H and O–H groups in total. The summed E-state index contributed by atoms with van der Waals surface area (Å²) >= 11 is 0. The van der Waals surface area contributed by atoms with E-state index in [1.807, 2.05) is 36.4 Å². The van der Waals surface area contributed by atoms with E-state index in [0.29, 0.717) is 18.9 Å². The fraction of sp³-hybridized carbons (Fsp3) is 0.480. The summed E-state index contributed by atoms with van der Waals surface area (Å²) in [5.41, 5.74) is 2.29. The number of ether oxygens (including phenoxy) is 3. The summed E-state index contributed by atoms with van der Waals surface area (Å²) in [5, 5.41) is 0. The molecular weight excluding hydrogens is 392 g/mol. The molecule has 0 spiro atoms. The third kappa shape index (κ3) is 4.79. The molecule has 2 aromatic rings. The molecule has 1 amide bonds. The second-order valence-electron chi connectivity index (χ2n) is 8.71. The number of nitrogens with zero attached hydrogens (tertiary/aromatic N) is 2. The standard InChI is InChI=1S/C25H30N2O4/c28-25-15-21-14-24-23(30-18-31-24)13-20(21)8-10-27(25)17-19-5-4-9-26(16-19)11-12-29-22-6-2-1-3-7-22/h1-3,6-7,13-14,19H,4-5,8-12,15-18H2. The van der Waals surface area contributed by atoms with Crippen molar-refractivity contribution in [1.29, 1.82) is 0 Å². The molecule has 6 heteroatoms. The molecule has 3 heterocycles. The van der Waals surface area contributed by atoms with Crippen molar-refractivity contribution in [2.75, 3.05) is 46.1 Å². The lowest BCUT2D eigenvalue weighted by atomic mass is 9.97. The van der Waals surface area contributed by atoms with Crippen LogP contribution in [0.2, 0.25) is 0 Å². The van der Waals surface area contributed by atoms with Crippen LogP contribution in [0.15, 0.2) is 42.5 Å². The molecule has 5 rings (SSSR count). The Labute approximate surface area is 183 Å². The van der Waals surface area contributed by atoms with Gasteiger partial charge in [-0.15, -0.1) is 0 Å². The molecule has 0 saturated carbocycles. The van der Waals surface area contributed by atoms with Crippen molar-refractivity contribution in [2.45, 2.75) is 25.7 Å². The highest BCUT2D eigenvalue weighted by Gasteiger charge is 2.28. The topological polar surface area (TPSA) is 51.2 Å². The molecule has 31 heavy (non-hydrogen) atoms. The van der Waals surface area contributed by atoms with Gasteiger partial charge in [0.05, 0.1) is 6.42 Å². The lowest BCUT2D eigenvalue weighted by Gasteiger charge is -2.35. The molecular formula is C25H30N2O4. The molecule has 0 aromatic heterocycles. The number of benzene rings is 2. The van der Waals surface area contributed by atoms with Crippen LogP contribution in [0, 0.1) is 5.92 Å². The van der Waals surface area contributed by atoms with Gasteiger partial charge < -0.3 is 19.1 Å². The molecule has 0 radical (unpaired) electrons. The zero-order valence-electron chi connectivity index (χ0n) is 17.9. The van der Waals surface area contributed by atoms with Gasteiger partial charge in [0, 0.05) is 26.2 Å². The van der Waals surface area contributed by atoms with Crippen LogP contribution in [0.5, 0.6) is 17.2 Å². The van der Waals surface area contributed by atoms with Crippen molar-refractivity contribution in [1.82, 2.24) is 9.80 Å². The first-order valence-corrected chi connectivity index (χ1v) is 11.3. The third-order valence-electron chi connectivity index (χ3n) is 6.54. The van der Waals surface area contributed by atoms with Gasteiger partial charge in [-0.3, -0.25) is 9.69 Å². The lowest BCUT2D eigenvalue weighted by molar-refractivity contribution is -0.131. The maximum Gasteiger partial charge on any atom is 0.231 e. The molecule has 1 unspecified atom stereocenters. The Balaban J connectivity index is 1.14. The van der Waals surface area contributed by atoms with Gasteiger partial charge >= 0.3 is 0 Å². The van der Waals surface area contributed by atoms with E-state index in [-0.39, 0.29) is 12.7 Å². The van der Waals surface area contributed by atoms with Crippen LogP contribution >= 0.6 is 0 Å². The van der Waals surface area contributed by atoms with Crippen molar-refractivity contribution in [3.63, 3.8) is 0 Å². The van der Waals surface area contributed by atoms with Gasteiger partial charge in [0.15, 0.2) is 11.5 Å². The third-order valence-corrected chi connectivity index (χ3v) is 6.54. The SMILES string of the molecule is O=C1Cc2cc3c(cc2CCN1CC1CCCN(CCOc2ccccc2)C1)OCO3. The average molecular weight is 423 g/mol. The molecule has 1 atom stereocenters. The first-order valence-electron chi connectivity index (χ1n) is 11.3. The van der Waals surface area contributed by atoms with E-state index >= 15 is 0 Å². The number of carbonyl (C=O) groups is 1. The van der Waals surface area contributed by atoms with Crippen LogP contribution in [0.4, 0.5) is 0 Å². The minimum absolute atomic E-state index is 0.224. The Morgan fingerprint density at radius 3 is 2.68 bits per heavy atom. The molecule has 6 nitrogen and oxygen atoms in total. The fourth-order valence-corrected chi connectivity index (χ4v) is 4.90. The quantitative estimate of drug-likeness (QED) is 0.716. The van der Waals surface area contributed by atoms with E-state index in [0.717, 1.165) is 62.0 Å². The van der Waals surface area contributed by atoms with E-state index in [1.165, 1.54) is 18.4 Å². The van der Waals surface area contributed by atoms with Crippen molar-refractivity contribution in [3.05, 3.63) is 53.6 Å². The highest BCUT2D eigenvalue weighted by atomic mass is 16.7. The van der Waals surface area contributed by atoms with E-state index < -0.39 is 0 Å². The van der Waals surface area contributed by atoms with Crippen LogP contribution in [-0.4, -0.2) is 61.8 Å². The average Bonchev–Trinajstić information content (AvgIpc) is 3.18. The predicted octanol–water partition coefficient (Wildman–Crippen LogP) is 3.13. The lowest BCUT2D eigenvalue weighted by Crippen LogP contribution is -2.44. The minimum atomic E-state index is 0.224. The van der Waals surface area contributed by atoms with E-state index in [9.17, 15) is 4.79 Å². The predicted molar refractivity (Wildman–Crippen MR) is 118 cm³/mol. The summed E-state index contributed by atoms with van der Waals surface area (Å²) < 4.78 is 16.9. The van der Waals surface area contributed by atoms with Gasteiger partial charge in [-0.1, -0.05) is 18.2 Å². The minimum Gasteiger partial charge on any atom is -0.492 e. The van der Waals surface area contributed by atoms with Crippen LogP contribution in [0.25, 0.3) is 0 Å². The Kier molecular flexibility index (Phi) is 5.98. The highest BCUT2D eigenvalue weighted by Crippen LogP contribution is 2.36. The van der Waals surface area contributed by atoms with E-state index in [1.54, 1.807) is 0 Å². The van der Waals surface area contributed by atoms with Gasteiger partial charge in [-0.05, 0) is 67.1 Å². The van der Waals surface area contributed by atoms with E-state index in [4.69, 9.17) is 14.2 Å². The summed E-state index contributed by atoms with van der Waals surface area (Å²) in [6.07, 6.45) is 3.69. The Morgan fingerprint density at radius 1 is 1.03 bits per heavy atom. The van der Waals surface area contributed by atoms with Gasteiger partial charge in [0.1, 0.15) is 12.4 Å². The van der Waals surface area contributed by atoms with Gasteiger partial charge in [-0.2, -0.15) is 0 Å². The number of hydrogen-bond acceptors (Lipinski definition) is 5. The number of hydrogen-bond donors (Lipinski definition) is 0. The summed E-state index contributed by atoms with van der Waals surface area (Å²) in [6, 6.07) is 14.0. The first-order chi connectivity index (χ1) is 15.2. The summed E-state index contributed by atoms with van der Waals surface area (Å²) in [4.78, 5) is 17.5. The Bertz CT molecular complexity index is 917. The van der Waals surface area contributed by atoms with Gasteiger partial charge in [0.25, 0.3) is 0 Å². The molecule has 3 aliphatic heterocycles. The molecule has 1 saturated heterocycles. The van der Waals surface area contributed by atoms with Crippen molar-refractivity contribution >= 4 is 5.91 Å². The second kappa shape index (κ2) is 9.18. The van der Waals surface area contributed by atoms with Gasteiger partial charge in [0.2, 0.25) is 12.7 Å². The normalized spacial score (nSPS) is 21.0. The first kappa shape index (κ1) is 20.2. The summed E-state index contributed by atoms with van der Waals surface area (Å²) in [7, 11) is 0. The molecule has 3 aliphatic rings. The number of amides is 1. The molecule has 0 aliphatic carbocycles. The van der Waals surface area contributed by atoms with E-state index in [2.05, 4.69) is 15.9 Å². The van der Waals surface area contributed by atoms with Crippen LogP contribution in [0.3, 0.4) is 0 Å². The van der Waals surface area contributed by atoms with Crippen molar-refractivity contribution < 1.29 is 19.0 Å². The zero-order chi connectivity index (χ0) is 21.0. The van der Waals surface area contributed by atoms with Crippen LogP contribution < -0.4 is 14.2 Å². The Morgan fingerprint density at radius 2 is 1.84 bits per heavy atom. The number of rotatable bonds is 6. The maximum atomic E-state index is 13.0. The molecule has 2 aromatic carbocycles. The smallest absolute Gasteiger partial charge is 0.231 e.